The Morgan fingerprint density at radius 1 is 1.71 bits per heavy atom. The first-order chi connectivity index (χ1) is 3.06. The minimum absolute atomic E-state index is 0.434. The maximum absolute atomic E-state index is 8.72. The van der Waals surface area contributed by atoms with Gasteiger partial charge >= 0.3 is 0 Å². The fourth-order valence-electron chi connectivity index (χ4n) is 0.292. The van der Waals surface area contributed by atoms with E-state index < -0.39 is 5.72 Å². The largest absolute Gasteiger partial charge is 0.376 e. The van der Waals surface area contributed by atoms with Crippen molar-refractivity contribution in [3.05, 3.63) is 0 Å². The molecule has 3 nitrogen and oxygen atoms in total. The van der Waals surface area contributed by atoms with Crippen LogP contribution in [0.25, 0.3) is 0 Å². The Kier molecular flexibility index (Phi) is 2.22. The third-order valence-corrected chi connectivity index (χ3v) is 0.650. The molecular formula is C4H12N2O. The molecule has 0 fully saturated rings. The molecular weight excluding hydrogens is 92.1 g/mol. The number of rotatable bonds is 2. The van der Waals surface area contributed by atoms with Crippen molar-refractivity contribution in [1.29, 1.82) is 0 Å². The van der Waals surface area contributed by atoms with Gasteiger partial charge in [0.2, 0.25) is 0 Å². The topological polar surface area (TPSA) is 72.3 Å². The standard InChI is InChI=1S/C4H12N2O/c1-4(6,7)2-3-5/h7H,2-3,5-6H2,1H3. The van der Waals surface area contributed by atoms with E-state index in [0.29, 0.717) is 13.0 Å². The van der Waals surface area contributed by atoms with E-state index in [1.165, 1.54) is 6.92 Å². The summed E-state index contributed by atoms with van der Waals surface area (Å²) in [5.41, 5.74) is 9.12. The second-order valence-electron chi connectivity index (χ2n) is 1.90. The van der Waals surface area contributed by atoms with Gasteiger partial charge in [0.25, 0.3) is 0 Å². The van der Waals surface area contributed by atoms with E-state index in [2.05, 4.69) is 0 Å². The number of hydrogen-bond acceptors (Lipinski definition) is 3. The molecule has 0 aromatic rings. The molecule has 0 aliphatic rings. The molecule has 0 aliphatic carbocycles. The molecule has 0 aromatic heterocycles. The van der Waals surface area contributed by atoms with Crippen LogP contribution in [0.5, 0.6) is 0 Å². The van der Waals surface area contributed by atoms with Gasteiger partial charge in [-0.25, -0.2) is 0 Å². The van der Waals surface area contributed by atoms with Crippen LogP contribution in [0.3, 0.4) is 0 Å². The van der Waals surface area contributed by atoms with Gasteiger partial charge in [0, 0.05) is 6.42 Å². The number of hydrogen-bond donors (Lipinski definition) is 3. The summed E-state index contributed by atoms with van der Waals surface area (Å²) in [6, 6.07) is 0. The van der Waals surface area contributed by atoms with Crippen molar-refractivity contribution in [3.63, 3.8) is 0 Å². The number of aliphatic hydroxyl groups is 1. The summed E-state index contributed by atoms with van der Waals surface area (Å²) in [7, 11) is 0. The first-order valence-electron chi connectivity index (χ1n) is 2.27. The molecule has 0 saturated heterocycles. The van der Waals surface area contributed by atoms with Gasteiger partial charge in [-0.15, -0.1) is 0 Å². The van der Waals surface area contributed by atoms with Crippen LogP contribution in [-0.2, 0) is 0 Å². The molecule has 0 aliphatic heterocycles. The molecule has 0 rings (SSSR count). The van der Waals surface area contributed by atoms with Crippen LogP contribution in [0.4, 0.5) is 0 Å². The molecule has 0 amide bonds. The minimum atomic E-state index is -1.07. The third-order valence-electron chi connectivity index (χ3n) is 0.650. The van der Waals surface area contributed by atoms with Gasteiger partial charge in [0.1, 0.15) is 5.72 Å². The van der Waals surface area contributed by atoms with Crippen LogP contribution in [0.15, 0.2) is 0 Å². The summed E-state index contributed by atoms with van der Waals surface area (Å²) >= 11 is 0. The first kappa shape index (κ1) is 6.88. The quantitative estimate of drug-likeness (QED) is 0.393. The predicted octanol–water partition coefficient (Wildman–Crippen LogP) is -0.998. The average molecular weight is 104 g/mol. The van der Waals surface area contributed by atoms with E-state index in [4.69, 9.17) is 16.6 Å². The lowest BCUT2D eigenvalue weighted by Gasteiger charge is -2.14. The highest BCUT2D eigenvalue weighted by Gasteiger charge is 2.09. The summed E-state index contributed by atoms with van der Waals surface area (Å²) in [5, 5.41) is 8.72. The van der Waals surface area contributed by atoms with E-state index in [9.17, 15) is 0 Å². The molecule has 0 heterocycles. The maximum Gasteiger partial charge on any atom is 0.111 e. The van der Waals surface area contributed by atoms with Crippen LogP contribution in [0, 0.1) is 0 Å². The molecule has 44 valence electrons. The van der Waals surface area contributed by atoms with E-state index >= 15 is 0 Å². The van der Waals surface area contributed by atoms with Crippen molar-refractivity contribution in [2.45, 2.75) is 19.1 Å². The van der Waals surface area contributed by atoms with Crippen molar-refractivity contribution in [1.82, 2.24) is 0 Å². The Morgan fingerprint density at radius 3 is 2.14 bits per heavy atom. The zero-order valence-corrected chi connectivity index (χ0v) is 4.52. The van der Waals surface area contributed by atoms with E-state index in [1.54, 1.807) is 0 Å². The summed E-state index contributed by atoms with van der Waals surface area (Å²) in [4.78, 5) is 0. The van der Waals surface area contributed by atoms with Gasteiger partial charge in [0.15, 0.2) is 0 Å². The number of nitrogens with two attached hydrogens (primary N) is 2. The van der Waals surface area contributed by atoms with Gasteiger partial charge in [0.05, 0.1) is 0 Å². The second kappa shape index (κ2) is 2.26. The van der Waals surface area contributed by atoms with Crippen molar-refractivity contribution in [2.75, 3.05) is 6.54 Å². The predicted molar refractivity (Wildman–Crippen MR) is 28.5 cm³/mol. The molecule has 1 atom stereocenters. The van der Waals surface area contributed by atoms with Crippen LogP contribution in [0.1, 0.15) is 13.3 Å². The second-order valence-corrected chi connectivity index (χ2v) is 1.90. The highest BCUT2D eigenvalue weighted by atomic mass is 16.3. The lowest BCUT2D eigenvalue weighted by atomic mass is 10.2. The lowest BCUT2D eigenvalue weighted by molar-refractivity contribution is 0.0606. The molecule has 0 bridgehead atoms. The highest BCUT2D eigenvalue weighted by molar-refractivity contribution is 4.61. The Balaban J connectivity index is 3.15. The first-order valence-corrected chi connectivity index (χ1v) is 2.27. The SMILES string of the molecule is CC(N)(O)CCN. The van der Waals surface area contributed by atoms with E-state index in [0.717, 1.165) is 0 Å². The van der Waals surface area contributed by atoms with Crippen molar-refractivity contribution >= 4 is 0 Å². The van der Waals surface area contributed by atoms with E-state index in [1.807, 2.05) is 0 Å². The third kappa shape index (κ3) is 5.88. The molecule has 0 spiro atoms. The van der Waals surface area contributed by atoms with Gasteiger partial charge < -0.3 is 16.6 Å². The summed E-state index contributed by atoms with van der Waals surface area (Å²) < 4.78 is 0. The Hall–Kier alpha value is -0.120. The molecule has 3 heteroatoms. The van der Waals surface area contributed by atoms with Crippen LogP contribution in [0.2, 0.25) is 0 Å². The van der Waals surface area contributed by atoms with Crippen LogP contribution >= 0.6 is 0 Å². The van der Waals surface area contributed by atoms with Gasteiger partial charge in [-0.3, -0.25) is 0 Å². The lowest BCUT2D eigenvalue weighted by Crippen LogP contribution is -2.37. The molecule has 0 aromatic carbocycles. The van der Waals surface area contributed by atoms with Gasteiger partial charge in [-0.2, -0.15) is 0 Å². The Bertz CT molecular complexity index is 48.1. The smallest absolute Gasteiger partial charge is 0.111 e. The molecule has 0 saturated carbocycles. The zero-order chi connectivity index (χ0) is 5.91. The molecule has 1 unspecified atom stereocenters. The summed E-state index contributed by atoms with van der Waals surface area (Å²) in [5.74, 6) is 0. The van der Waals surface area contributed by atoms with Crippen LogP contribution in [-0.4, -0.2) is 17.4 Å². The molecule has 5 N–H and O–H groups in total. The monoisotopic (exact) mass is 104 g/mol. The minimum Gasteiger partial charge on any atom is -0.376 e. The summed E-state index contributed by atoms with van der Waals surface area (Å²) in [6.45, 7) is 1.96. The fraction of sp³-hybridized carbons (Fsp3) is 1.00. The summed E-state index contributed by atoms with van der Waals surface area (Å²) in [6.07, 6.45) is 0.451. The van der Waals surface area contributed by atoms with Crippen molar-refractivity contribution in [2.24, 2.45) is 11.5 Å². The van der Waals surface area contributed by atoms with Gasteiger partial charge in [-0.05, 0) is 13.5 Å². The zero-order valence-electron chi connectivity index (χ0n) is 4.52. The molecule has 0 radical (unpaired) electrons. The van der Waals surface area contributed by atoms with Crippen molar-refractivity contribution < 1.29 is 5.11 Å². The van der Waals surface area contributed by atoms with E-state index in [-0.39, 0.29) is 0 Å². The average Bonchev–Trinajstić information content (AvgIpc) is 1.30. The van der Waals surface area contributed by atoms with Crippen LogP contribution < -0.4 is 11.5 Å². The fourth-order valence-corrected chi connectivity index (χ4v) is 0.292. The molecule has 7 heavy (non-hydrogen) atoms. The van der Waals surface area contributed by atoms with Gasteiger partial charge in [-0.1, -0.05) is 0 Å². The maximum atomic E-state index is 8.72. The normalized spacial score (nSPS) is 18.9. The highest BCUT2D eigenvalue weighted by Crippen LogP contribution is 1.94. The van der Waals surface area contributed by atoms with Crippen molar-refractivity contribution in [3.8, 4) is 0 Å². The Labute approximate surface area is 43.3 Å². The Morgan fingerprint density at radius 2 is 2.14 bits per heavy atom.